The first-order valence-electron chi connectivity index (χ1n) is 10.1. The van der Waals surface area contributed by atoms with E-state index in [1.165, 1.54) is 0 Å². The van der Waals surface area contributed by atoms with Crippen LogP contribution in [-0.2, 0) is 17.8 Å². The molecular formula is C23H29ClN4O. The standard InChI is InChI=1S/C23H29ClN4O/c1-6-7-12-20-26-19-13-18(27-22(29)23(3,4)5)15(2)25-21(19)28(20)14-16-10-8-9-11-17(16)24/h8-11,13H,6-7,12,14H2,1-5H3,(H,27,29). The SMILES string of the molecule is CCCCc1nc2cc(NC(=O)C(C)(C)C)c(C)nc2n1Cc1ccccc1Cl. The van der Waals surface area contributed by atoms with Gasteiger partial charge >= 0.3 is 0 Å². The zero-order valence-corrected chi connectivity index (χ0v) is 18.6. The van der Waals surface area contributed by atoms with Crippen LogP contribution in [0.3, 0.4) is 0 Å². The second-order valence-corrected chi connectivity index (χ2v) is 8.88. The summed E-state index contributed by atoms with van der Waals surface area (Å²) < 4.78 is 2.15. The van der Waals surface area contributed by atoms with Gasteiger partial charge in [0, 0.05) is 16.9 Å². The van der Waals surface area contributed by atoms with Crippen LogP contribution in [0.4, 0.5) is 5.69 Å². The summed E-state index contributed by atoms with van der Waals surface area (Å²) in [6.07, 6.45) is 3.02. The molecule has 6 heteroatoms. The minimum Gasteiger partial charge on any atom is -0.324 e. The Bertz CT molecular complexity index is 1030. The van der Waals surface area contributed by atoms with Crippen LogP contribution in [0.15, 0.2) is 30.3 Å². The number of anilines is 1. The van der Waals surface area contributed by atoms with Crippen molar-refractivity contribution in [3.05, 3.63) is 52.4 Å². The molecule has 0 spiro atoms. The van der Waals surface area contributed by atoms with Crippen LogP contribution in [0.5, 0.6) is 0 Å². The highest BCUT2D eigenvalue weighted by Gasteiger charge is 2.23. The van der Waals surface area contributed by atoms with Crippen molar-refractivity contribution in [2.24, 2.45) is 5.41 Å². The molecule has 0 atom stereocenters. The molecule has 0 aliphatic heterocycles. The summed E-state index contributed by atoms with van der Waals surface area (Å²) in [4.78, 5) is 22.1. The molecule has 1 N–H and O–H groups in total. The molecule has 2 aromatic heterocycles. The molecule has 0 fully saturated rings. The Morgan fingerprint density at radius 3 is 2.59 bits per heavy atom. The lowest BCUT2D eigenvalue weighted by atomic mass is 9.95. The zero-order valence-electron chi connectivity index (χ0n) is 17.8. The molecule has 29 heavy (non-hydrogen) atoms. The van der Waals surface area contributed by atoms with E-state index in [2.05, 4.69) is 16.8 Å². The van der Waals surface area contributed by atoms with Gasteiger partial charge in [0.1, 0.15) is 11.3 Å². The number of rotatable bonds is 6. The molecule has 0 unspecified atom stereocenters. The monoisotopic (exact) mass is 412 g/mol. The van der Waals surface area contributed by atoms with Gasteiger partial charge in [0.25, 0.3) is 0 Å². The van der Waals surface area contributed by atoms with Crippen LogP contribution in [0.2, 0.25) is 5.02 Å². The highest BCUT2D eigenvalue weighted by Crippen LogP contribution is 2.26. The maximum atomic E-state index is 12.4. The van der Waals surface area contributed by atoms with Crippen molar-refractivity contribution in [1.29, 1.82) is 0 Å². The third-order valence-corrected chi connectivity index (χ3v) is 5.33. The average molecular weight is 413 g/mol. The molecule has 0 bridgehead atoms. The second-order valence-electron chi connectivity index (χ2n) is 8.48. The normalized spacial score (nSPS) is 11.8. The van der Waals surface area contributed by atoms with E-state index >= 15 is 0 Å². The van der Waals surface area contributed by atoms with Gasteiger partial charge in [-0.2, -0.15) is 0 Å². The Labute approximate surface area is 177 Å². The number of pyridine rings is 1. The van der Waals surface area contributed by atoms with Gasteiger partial charge in [-0.25, -0.2) is 9.97 Å². The first-order chi connectivity index (χ1) is 13.7. The molecule has 0 saturated heterocycles. The topological polar surface area (TPSA) is 59.8 Å². The molecule has 1 aromatic carbocycles. The van der Waals surface area contributed by atoms with Gasteiger partial charge in [0.05, 0.1) is 17.9 Å². The number of halogens is 1. The summed E-state index contributed by atoms with van der Waals surface area (Å²) in [6.45, 7) is 10.4. The van der Waals surface area contributed by atoms with Crippen molar-refractivity contribution in [2.45, 2.75) is 60.4 Å². The van der Waals surface area contributed by atoms with E-state index in [0.29, 0.717) is 12.2 Å². The van der Waals surface area contributed by atoms with Gasteiger partial charge in [-0.1, -0.05) is 63.9 Å². The number of hydrogen-bond donors (Lipinski definition) is 1. The number of amides is 1. The van der Waals surface area contributed by atoms with Crippen molar-refractivity contribution in [2.75, 3.05) is 5.32 Å². The molecule has 2 heterocycles. The number of benzene rings is 1. The zero-order chi connectivity index (χ0) is 21.2. The third kappa shape index (κ3) is 4.78. The number of aryl methyl sites for hydroxylation is 2. The van der Waals surface area contributed by atoms with Gasteiger partial charge < -0.3 is 9.88 Å². The molecule has 1 amide bonds. The van der Waals surface area contributed by atoms with Gasteiger partial charge in [0.2, 0.25) is 5.91 Å². The number of aromatic nitrogens is 3. The number of nitrogens with one attached hydrogen (secondary N) is 1. The number of unbranched alkanes of at least 4 members (excludes halogenated alkanes) is 1. The molecular weight excluding hydrogens is 384 g/mol. The molecule has 0 radical (unpaired) electrons. The highest BCUT2D eigenvalue weighted by molar-refractivity contribution is 6.31. The number of carbonyl (C=O) groups excluding carboxylic acids is 1. The average Bonchev–Trinajstić information content (AvgIpc) is 2.97. The van der Waals surface area contributed by atoms with Crippen LogP contribution >= 0.6 is 11.6 Å². The molecule has 5 nitrogen and oxygen atoms in total. The molecule has 3 aromatic rings. The lowest BCUT2D eigenvalue weighted by Crippen LogP contribution is -2.28. The summed E-state index contributed by atoms with van der Waals surface area (Å²) in [5.74, 6) is 0.955. The smallest absolute Gasteiger partial charge is 0.229 e. The number of imidazole rings is 1. The second kappa shape index (κ2) is 8.54. The largest absolute Gasteiger partial charge is 0.324 e. The fourth-order valence-corrected chi connectivity index (χ4v) is 3.31. The van der Waals surface area contributed by atoms with Gasteiger partial charge in [-0.15, -0.1) is 0 Å². The summed E-state index contributed by atoms with van der Waals surface area (Å²) in [5.41, 5.74) is 3.66. The van der Waals surface area contributed by atoms with Gasteiger partial charge in [-0.3, -0.25) is 4.79 Å². The maximum Gasteiger partial charge on any atom is 0.229 e. The van der Waals surface area contributed by atoms with Crippen molar-refractivity contribution >= 4 is 34.4 Å². The predicted octanol–water partition coefficient (Wildman–Crippen LogP) is 5.77. The number of carbonyl (C=O) groups is 1. The first kappa shape index (κ1) is 21.3. The van der Waals surface area contributed by atoms with Crippen molar-refractivity contribution in [3.63, 3.8) is 0 Å². The Hall–Kier alpha value is -2.40. The quantitative estimate of drug-likeness (QED) is 0.559. The molecule has 0 aliphatic carbocycles. The van der Waals surface area contributed by atoms with Crippen LogP contribution in [0.25, 0.3) is 11.2 Å². The summed E-state index contributed by atoms with van der Waals surface area (Å²) in [6, 6.07) is 9.79. The van der Waals surface area contributed by atoms with Crippen LogP contribution < -0.4 is 5.32 Å². The minimum absolute atomic E-state index is 0.0385. The van der Waals surface area contributed by atoms with Crippen LogP contribution in [0.1, 0.15) is 57.6 Å². The number of nitrogens with zero attached hydrogens (tertiary/aromatic N) is 3. The van der Waals surface area contributed by atoms with E-state index < -0.39 is 5.41 Å². The molecule has 3 rings (SSSR count). The number of hydrogen-bond acceptors (Lipinski definition) is 3. The Morgan fingerprint density at radius 2 is 1.93 bits per heavy atom. The Morgan fingerprint density at radius 1 is 1.21 bits per heavy atom. The van der Waals surface area contributed by atoms with Crippen molar-refractivity contribution in [3.8, 4) is 0 Å². The van der Waals surface area contributed by atoms with Crippen LogP contribution in [0, 0.1) is 12.3 Å². The number of fused-ring (bicyclic) bond motifs is 1. The Balaban J connectivity index is 2.05. The fraction of sp³-hybridized carbons (Fsp3) is 0.435. The maximum absolute atomic E-state index is 12.4. The van der Waals surface area contributed by atoms with E-state index in [1.54, 1.807) is 0 Å². The van der Waals surface area contributed by atoms with E-state index in [4.69, 9.17) is 21.6 Å². The molecule has 0 saturated carbocycles. The summed E-state index contributed by atoms with van der Waals surface area (Å²) in [7, 11) is 0. The van der Waals surface area contributed by atoms with E-state index in [0.717, 1.165) is 52.5 Å². The van der Waals surface area contributed by atoms with Crippen molar-refractivity contribution in [1.82, 2.24) is 14.5 Å². The molecule has 0 aliphatic rings. The lowest BCUT2D eigenvalue weighted by molar-refractivity contribution is -0.123. The van der Waals surface area contributed by atoms with Gasteiger partial charge in [0.15, 0.2) is 5.65 Å². The summed E-state index contributed by atoms with van der Waals surface area (Å²) in [5, 5.41) is 3.74. The Kier molecular flexibility index (Phi) is 6.27. The summed E-state index contributed by atoms with van der Waals surface area (Å²) >= 11 is 6.40. The highest BCUT2D eigenvalue weighted by atomic mass is 35.5. The fourth-order valence-electron chi connectivity index (χ4n) is 3.11. The van der Waals surface area contributed by atoms with Gasteiger partial charge in [-0.05, 0) is 31.0 Å². The lowest BCUT2D eigenvalue weighted by Gasteiger charge is -2.18. The minimum atomic E-state index is -0.475. The van der Waals surface area contributed by atoms with E-state index in [9.17, 15) is 4.79 Å². The van der Waals surface area contributed by atoms with E-state index in [1.807, 2.05) is 58.0 Å². The van der Waals surface area contributed by atoms with Crippen LogP contribution in [-0.4, -0.2) is 20.4 Å². The van der Waals surface area contributed by atoms with E-state index in [-0.39, 0.29) is 5.91 Å². The molecule has 154 valence electrons. The predicted molar refractivity (Wildman–Crippen MR) is 120 cm³/mol. The third-order valence-electron chi connectivity index (χ3n) is 4.96. The van der Waals surface area contributed by atoms with Crippen molar-refractivity contribution < 1.29 is 4.79 Å². The first-order valence-corrected chi connectivity index (χ1v) is 10.5.